The van der Waals surface area contributed by atoms with Gasteiger partial charge in [0.05, 0.1) is 6.61 Å². The van der Waals surface area contributed by atoms with Crippen LogP contribution in [0.25, 0.3) is 0 Å². The number of fused-ring (bicyclic) bond motifs is 1. The predicted octanol–water partition coefficient (Wildman–Crippen LogP) is 0.919. The topological polar surface area (TPSA) is 88.2 Å². The Morgan fingerprint density at radius 2 is 2.15 bits per heavy atom. The number of urea groups is 1. The minimum absolute atomic E-state index is 0.000939. The number of rotatable bonds is 6. The average molecular weight is 361 g/mol. The van der Waals surface area contributed by atoms with Gasteiger partial charge in [-0.2, -0.15) is 0 Å². The van der Waals surface area contributed by atoms with Crippen molar-refractivity contribution in [3.05, 3.63) is 23.3 Å². The number of likely N-dealkylation sites (N-methyl/N-ethyl adjacent to an activating group) is 1. The van der Waals surface area contributed by atoms with E-state index in [9.17, 15) is 14.4 Å². The van der Waals surface area contributed by atoms with Crippen molar-refractivity contribution < 1.29 is 23.9 Å². The van der Waals surface area contributed by atoms with Crippen LogP contribution in [0.1, 0.15) is 25.0 Å². The molecular weight excluding hydrogens is 338 g/mol. The van der Waals surface area contributed by atoms with Crippen LogP contribution in [-0.4, -0.2) is 60.5 Å². The third-order valence-corrected chi connectivity index (χ3v) is 4.39. The molecule has 0 aliphatic carbocycles. The molecule has 0 aromatic heterocycles. The molecule has 1 saturated heterocycles. The third-order valence-electron chi connectivity index (χ3n) is 4.39. The SMILES string of the molecule is CCOc1cc2c(cc1CNC(=O)CN1C(=O)CN(C)C1=O)O[C@@H](C)C2. The first-order valence-electron chi connectivity index (χ1n) is 8.66. The zero-order valence-corrected chi connectivity index (χ0v) is 15.2. The molecule has 1 aromatic carbocycles. The zero-order chi connectivity index (χ0) is 18.8. The summed E-state index contributed by atoms with van der Waals surface area (Å²) in [6.45, 7) is 4.36. The van der Waals surface area contributed by atoms with Gasteiger partial charge in [0.1, 0.15) is 30.7 Å². The van der Waals surface area contributed by atoms with E-state index < -0.39 is 11.9 Å². The van der Waals surface area contributed by atoms with E-state index in [1.807, 2.05) is 26.0 Å². The number of benzene rings is 1. The Bertz CT molecular complexity index is 749. The molecule has 8 heteroatoms. The first kappa shape index (κ1) is 18.0. The number of ether oxygens (including phenoxy) is 2. The van der Waals surface area contributed by atoms with E-state index in [-0.39, 0.29) is 31.6 Å². The molecule has 1 N–H and O–H groups in total. The zero-order valence-electron chi connectivity index (χ0n) is 15.2. The number of imide groups is 1. The fraction of sp³-hybridized carbons (Fsp3) is 0.500. The second-order valence-corrected chi connectivity index (χ2v) is 6.53. The highest BCUT2D eigenvalue weighted by atomic mass is 16.5. The van der Waals surface area contributed by atoms with E-state index in [2.05, 4.69) is 5.32 Å². The van der Waals surface area contributed by atoms with E-state index >= 15 is 0 Å². The quantitative estimate of drug-likeness (QED) is 0.761. The lowest BCUT2D eigenvalue weighted by molar-refractivity contribution is -0.130. The highest BCUT2D eigenvalue weighted by molar-refractivity contribution is 6.04. The molecule has 2 aliphatic rings. The first-order valence-corrected chi connectivity index (χ1v) is 8.66. The molecule has 140 valence electrons. The van der Waals surface area contributed by atoms with Crippen LogP contribution in [0.2, 0.25) is 0 Å². The van der Waals surface area contributed by atoms with Gasteiger partial charge in [-0.3, -0.25) is 14.5 Å². The molecule has 3 rings (SSSR count). The minimum atomic E-state index is -0.458. The summed E-state index contributed by atoms with van der Waals surface area (Å²) in [5, 5.41) is 2.74. The molecule has 0 bridgehead atoms. The van der Waals surface area contributed by atoms with Crippen molar-refractivity contribution in [2.24, 2.45) is 0 Å². The van der Waals surface area contributed by atoms with Crippen LogP contribution in [0.4, 0.5) is 4.79 Å². The molecule has 26 heavy (non-hydrogen) atoms. The summed E-state index contributed by atoms with van der Waals surface area (Å²) in [7, 11) is 1.53. The Morgan fingerprint density at radius 1 is 1.38 bits per heavy atom. The van der Waals surface area contributed by atoms with Crippen molar-refractivity contribution in [3.63, 3.8) is 0 Å². The highest BCUT2D eigenvalue weighted by Crippen LogP contribution is 2.35. The molecule has 0 saturated carbocycles. The summed E-state index contributed by atoms with van der Waals surface area (Å²) in [5.41, 5.74) is 1.89. The Balaban J connectivity index is 1.65. The van der Waals surface area contributed by atoms with Gasteiger partial charge in [-0.05, 0) is 26.0 Å². The van der Waals surface area contributed by atoms with Gasteiger partial charge in [0.2, 0.25) is 5.91 Å². The number of amides is 4. The molecule has 0 unspecified atom stereocenters. The average Bonchev–Trinajstić information content (AvgIpc) is 3.06. The molecular formula is C18H23N3O5. The molecule has 1 atom stereocenters. The number of nitrogens with zero attached hydrogens (tertiary/aromatic N) is 2. The number of carbonyl (C=O) groups is 3. The molecule has 8 nitrogen and oxygen atoms in total. The lowest BCUT2D eigenvalue weighted by atomic mass is 10.1. The summed E-state index contributed by atoms with van der Waals surface area (Å²) >= 11 is 0. The van der Waals surface area contributed by atoms with Crippen molar-refractivity contribution in [1.82, 2.24) is 15.1 Å². The molecule has 2 heterocycles. The van der Waals surface area contributed by atoms with Gasteiger partial charge in [0.15, 0.2) is 0 Å². The maximum Gasteiger partial charge on any atom is 0.327 e. The van der Waals surface area contributed by atoms with Gasteiger partial charge in [-0.15, -0.1) is 0 Å². The fourth-order valence-electron chi connectivity index (χ4n) is 3.13. The van der Waals surface area contributed by atoms with Crippen LogP contribution in [0, 0.1) is 0 Å². The second kappa shape index (κ2) is 7.23. The monoisotopic (exact) mass is 361 g/mol. The highest BCUT2D eigenvalue weighted by Gasteiger charge is 2.34. The Kier molecular flexibility index (Phi) is 5.01. The summed E-state index contributed by atoms with van der Waals surface area (Å²) < 4.78 is 11.4. The Hall–Kier alpha value is -2.77. The van der Waals surface area contributed by atoms with Gasteiger partial charge >= 0.3 is 6.03 Å². The number of carbonyl (C=O) groups excluding carboxylic acids is 3. The van der Waals surface area contributed by atoms with Gasteiger partial charge in [-0.25, -0.2) is 4.79 Å². The van der Waals surface area contributed by atoms with Crippen LogP contribution in [0.3, 0.4) is 0 Å². The molecule has 2 aliphatic heterocycles. The van der Waals surface area contributed by atoms with E-state index in [0.29, 0.717) is 12.4 Å². The van der Waals surface area contributed by atoms with Crippen LogP contribution < -0.4 is 14.8 Å². The van der Waals surface area contributed by atoms with Gasteiger partial charge < -0.3 is 19.7 Å². The fourth-order valence-corrected chi connectivity index (χ4v) is 3.13. The normalized spacial score (nSPS) is 18.8. The van der Waals surface area contributed by atoms with E-state index in [4.69, 9.17) is 9.47 Å². The molecule has 0 radical (unpaired) electrons. The van der Waals surface area contributed by atoms with Crippen molar-refractivity contribution in [1.29, 1.82) is 0 Å². The Labute approximate surface area is 152 Å². The summed E-state index contributed by atoms with van der Waals surface area (Å²) in [6.07, 6.45) is 0.947. The van der Waals surface area contributed by atoms with Crippen molar-refractivity contribution in [2.45, 2.75) is 32.9 Å². The van der Waals surface area contributed by atoms with Gasteiger partial charge in [-0.1, -0.05) is 0 Å². The maximum atomic E-state index is 12.2. The standard InChI is InChI=1S/C18H23N3O5/c1-4-25-14-6-12-5-11(2)26-15(12)7-13(14)8-19-16(22)9-21-17(23)10-20(3)18(21)24/h6-7,11H,4-5,8-10H2,1-3H3,(H,19,22)/t11-/m0/s1. The summed E-state index contributed by atoms with van der Waals surface area (Å²) in [4.78, 5) is 38.0. The minimum Gasteiger partial charge on any atom is -0.494 e. The number of hydrogen-bond donors (Lipinski definition) is 1. The number of nitrogens with one attached hydrogen (secondary N) is 1. The number of hydrogen-bond acceptors (Lipinski definition) is 5. The molecule has 4 amide bonds. The lowest BCUT2D eigenvalue weighted by Crippen LogP contribution is -2.40. The van der Waals surface area contributed by atoms with Crippen LogP contribution in [0.15, 0.2) is 12.1 Å². The molecule has 0 spiro atoms. The van der Waals surface area contributed by atoms with Gasteiger partial charge in [0.25, 0.3) is 5.91 Å². The first-order chi connectivity index (χ1) is 12.4. The Morgan fingerprint density at radius 3 is 2.81 bits per heavy atom. The lowest BCUT2D eigenvalue weighted by Gasteiger charge is -2.16. The third kappa shape index (κ3) is 3.58. The van der Waals surface area contributed by atoms with Crippen LogP contribution in [-0.2, 0) is 22.6 Å². The summed E-state index contributed by atoms with van der Waals surface area (Å²) in [6, 6.07) is 3.37. The van der Waals surface area contributed by atoms with E-state index in [0.717, 1.165) is 28.2 Å². The van der Waals surface area contributed by atoms with E-state index in [1.54, 1.807) is 0 Å². The van der Waals surface area contributed by atoms with Crippen LogP contribution >= 0.6 is 0 Å². The maximum absolute atomic E-state index is 12.2. The van der Waals surface area contributed by atoms with Gasteiger partial charge in [0, 0.05) is 31.1 Å². The molecule has 1 fully saturated rings. The van der Waals surface area contributed by atoms with Crippen molar-refractivity contribution in [3.8, 4) is 11.5 Å². The predicted molar refractivity (Wildman–Crippen MR) is 93.0 cm³/mol. The van der Waals surface area contributed by atoms with Crippen molar-refractivity contribution >= 4 is 17.8 Å². The second-order valence-electron chi connectivity index (χ2n) is 6.53. The summed E-state index contributed by atoms with van der Waals surface area (Å²) in [5.74, 6) is 0.732. The van der Waals surface area contributed by atoms with E-state index in [1.165, 1.54) is 11.9 Å². The largest absolute Gasteiger partial charge is 0.494 e. The van der Waals surface area contributed by atoms with Crippen molar-refractivity contribution in [2.75, 3.05) is 26.7 Å². The van der Waals surface area contributed by atoms with Crippen LogP contribution in [0.5, 0.6) is 11.5 Å². The smallest absolute Gasteiger partial charge is 0.327 e. The molecule has 1 aromatic rings.